The second-order valence-corrected chi connectivity index (χ2v) is 3.55. The van der Waals surface area contributed by atoms with Crippen LogP contribution in [0.25, 0.3) is 5.69 Å². The molecule has 10 heteroatoms. The number of nitrogens with two attached hydrogens (primary N) is 1. The molecule has 0 aliphatic rings. The number of aromatic nitrogens is 3. The molecule has 2 N–H and O–H groups in total. The maximum Gasteiger partial charge on any atom is 0.416 e. The smallest absolute Gasteiger partial charge is 0.381 e. The van der Waals surface area contributed by atoms with Gasteiger partial charge in [-0.15, -0.1) is 5.10 Å². The summed E-state index contributed by atoms with van der Waals surface area (Å²) in [5.74, 6) is -0.00537. The van der Waals surface area contributed by atoms with Crippen molar-refractivity contribution in [2.24, 2.45) is 0 Å². The lowest BCUT2D eigenvalue weighted by Gasteiger charge is -2.08. The topological polar surface area (TPSA) is 99.9 Å². The first-order valence-electron chi connectivity index (χ1n) is 4.83. The first-order valence-corrected chi connectivity index (χ1v) is 4.83. The fourth-order valence-electron chi connectivity index (χ4n) is 1.43. The van der Waals surface area contributed by atoms with Gasteiger partial charge in [-0.05, 0) is 12.1 Å². The molecule has 0 atom stereocenters. The van der Waals surface area contributed by atoms with Gasteiger partial charge in [-0.25, -0.2) is 4.68 Å². The van der Waals surface area contributed by atoms with Crippen molar-refractivity contribution in [2.75, 3.05) is 5.73 Å². The molecule has 0 saturated carbocycles. The van der Waals surface area contributed by atoms with E-state index >= 15 is 0 Å². The normalized spacial score (nSPS) is 11.5. The van der Waals surface area contributed by atoms with Crippen LogP contribution in [0.5, 0.6) is 0 Å². The standard InChI is InChI=1S/C9H6F3N5O2/c10-9(11,12)5-1-2-6(7(3-5)17(18)19)16-4-8(13)14-15-16/h1-4H,13H2. The zero-order chi connectivity index (χ0) is 14.2. The minimum absolute atomic E-state index is 0.00537. The van der Waals surface area contributed by atoms with Gasteiger partial charge >= 0.3 is 6.18 Å². The zero-order valence-electron chi connectivity index (χ0n) is 9.13. The Labute approximate surface area is 103 Å². The molecule has 1 heterocycles. The molecule has 1 aromatic carbocycles. The van der Waals surface area contributed by atoms with E-state index in [2.05, 4.69) is 10.3 Å². The number of nitro benzene ring substituents is 1. The van der Waals surface area contributed by atoms with Crippen molar-refractivity contribution in [3.63, 3.8) is 0 Å². The molecule has 0 spiro atoms. The van der Waals surface area contributed by atoms with Gasteiger partial charge in [0.25, 0.3) is 5.69 Å². The zero-order valence-corrected chi connectivity index (χ0v) is 9.13. The lowest BCUT2D eigenvalue weighted by Crippen LogP contribution is -2.08. The Balaban J connectivity index is 2.60. The van der Waals surface area contributed by atoms with Gasteiger partial charge in [-0.1, -0.05) is 5.21 Å². The van der Waals surface area contributed by atoms with Crippen LogP contribution >= 0.6 is 0 Å². The number of hydrogen-bond acceptors (Lipinski definition) is 5. The van der Waals surface area contributed by atoms with E-state index in [-0.39, 0.29) is 11.5 Å². The van der Waals surface area contributed by atoms with E-state index in [0.717, 1.165) is 23.0 Å². The lowest BCUT2D eigenvalue weighted by atomic mass is 10.1. The van der Waals surface area contributed by atoms with Crippen LogP contribution in [0.15, 0.2) is 24.4 Å². The molecular formula is C9H6F3N5O2. The van der Waals surface area contributed by atoms with E-state index in [4.69, 9.17) is 5.73 Å². The molecule has 0 fully saturated rings. The van der Waals surface area contributed by atoms with Crippen LogP contribution in [0.3, 0.4) is 0 Å². The molecule has 0 aliphatic heterocycles. The van der Waals surface area contributed by atoms with Crippen LogP contribution in [0, 0.1) is 10.1 Å². The summed E-state index contributed by atoms with van der Waals surface area (Å²) in [4.78, 5) is 9.90. The molecule has 0 bridgehead atoms. The summed E-state index contributed by atoms with van der Waals surface area (Å²) in [7, 11) is 0. The highest BCUT2D eigenvalue weighted by atomic mass is 19.4. The van der Waals surface area contributed by atoms with Gasteiger partial charge < -0.3 is 5.73 Å². The Morgan fingerprint density at radius 1 is 1.37 bits per heavy atom. The molecule has 0 unspecified atom stereocenters. The molecule has 2 rings (SSSR count). The summed E-state index contributed by atoms with van der Waals surface area (Å²) in [5.41, 5.74) is 3.30. The maximum absolute atomic E-state index is 12.5. The Bertz CT molecular complexity index is 637. The van der Waals surface area contributed by atoms with Gasteiger partial charge in [0.05, 0.1) is 16.7 Å². The van der Waals surface area contributed by atoms with Gasteiger partial charge in [0.2, 0.25) is 0 Å². The molecule has 1 aromatic heterocycles. The summed E-state index contributed by atoms with van der Waals surface area (Å²) in [6.07, 6.45) is -3.50. The van der Waals surface area contributed by atoms with Crippen LogP contribution in [-0.2, 0) is 6.18 Å². The largest absolute Gasteiger partial charge is 0.416 e. The van der Waals surface area contributed by atoms with Crippen molar-refractivity contribution >= 4 is 11.5 Å². The van der Waals surface area contributed by atoms with Crippen molar-refractivity contribution in [3.8, 4) is 5.69 Å². The minimum Gasteiger partial charge on any atom is -0.381 e. The summed E-state index contributed by atoms with van der Waals surface area (Å²) in [5, 5.41) is 17.7. The van der Waals surface area contributed by atoms with Crippen LogP contribution < -0.4 is 5.73 Å². The van der Waals surface area contributed by atoms with Gasteiger partial charge in [0.15, 0.2) is 5.82 Å². The van der Waals surface area contributed by atoms with E-state index in [1.54, 1.807) is 0 Å². The van der Waals surface area contributed by atoms with Gasteiger partial charge in [-0.3, -0.25) is 10.1 Å². The van der Waals surface area contributed by atoms with Crippen LogP contribution in [0.2, 0.25) is 0 Å². The highest BCUT2D eigenvalue weighted by molar-refractivity contribution is 5.54. The first kappa shape index (κ1) is 12.8. The molecule has 0 amide bonds. The third kappa shape index (κ3) is 2.46. The number of nitrogen functional groups attached to an aromatic ring is 1. The predicted molar refractivity (Wildman–Crippen MR) is 57.4 cm³/mol. The highest BCUT2D eigenvalue weighted by Gasteiger charge is 2.33. The van der Waals surface area contributed by atoms with Gasteiger partial charge in [0, 0.05) is 6.07 Å². The Morgan fingerprint density at radius 3 is 2.53 bits per heavy atom. The van der Waals surface area contributed by atoms with Crippen molar-refractivity contribution in [3.05, 3.63) is 40.1 Å². The third-order valence-electron chi connectivity index (χ3n) is 2.26. The summed E-state index contributed by atoms with van der Waals surface area (Å²) < 4.78 is 38.4. The number of benzene rings is 1. The van der Waals surface area contributed by atoms with Gasteiger partial charge in [-0.2, -0.15) is 13.2 Å². The third-order valence-corrected chi connectivity index (χ3v) is 2.26. The number of hydrogen-bond donors (Lipinski definition) is 1. The molecule has 0 aliphatic carbocycles. The van der Waals surface area contributed by atoms with Crippen molar-refractivity contribution in [1.82, 2.24) is 15.0 Å². The first-order chi connectivity index (χ1) is 8.79. The average Bonchev–Trinajstić information content (AvgIpc) is 2.73. The number of anilines is 1. The van der Waals surface area contributed by atoms with E-state index in [1.807, 2.05) is 0 Å². The minimum atomic E-state index is -4.66. The predicted octanol–water partition coefficient (Wildman–Crippen LogP) is 1.78. The van der Waals surface area contributed by atoms with E-state index in [1.165, 1.54) is 0 Å². The maximum atomic E-state index is 12.5. The van der Waals surface area contributed by atoms with E-state index < -0.39 is 22.4 Å². The number of rotatable bonds is 2. The molecular weight excluding hydrogens is 267 g/mol. The van der Waals surface area contributed by atoms with Crippen LogP contribution in [0.1, 0.15) is 5.56 Å². The van der Waals surface area contributed by atoms with Crippen molar-refractivity contribution < 1.29 is 18.1 Å². The van der Waals surface area contributed by atoms with Gasteiger partial charge in [0.1, 0.15) is 5.69 Å². The van der Waals surface area contributed by atoms with Crippen molar-refractivity contribution in [2.45, 2.75) is 6.18 Å². The molecule has 7 nitrogen and oxygen atoms in total. The number of alkyl halides is 3. The number of halogens is 3. The molecule has 0 radical (unpaired) electrons. The fourth-order valence-corrected chi connectivity index (χ4v) is 1.43. The second kappa shape index (κ2) is 4.23. The van der Waals surface area contributed by atoms with E-state index in [9.17, 15) is 23.3 Å². The second-order valence-electron chi connectivity index (χ2n) is 3.55. The molecule has 100 valence electrons. The highest BCUT2D eigenvalue weighted by Crippen LogP contribution is 2.34. The van der Waals surface area contributed by atoms with Crippen LogP contribution in [0.4, 0.5) is 24.7 Å². The fraction of sp³-hybridized carbons (Fsp3) is 0.111. The Hall–Kier alpha value is -2.65. The quantitative estimate of drug-likeness (QED) is 0.664. The molecule has 2 aromatic rings. The Morgan fingerprint density at radius 2 is 2.05 bits per heavy atom. The Kier molecular flexibility index (Phi) is 2.85. The van der Waals surface area contributed by atoms with Crippen molar-refractivity contribution in [1.29, 1.82) is 0 Å². The molecule has 19 heavy (non-hydrogen) atoms. The number of nitro groups is 1. The monoisotopic (exact) mass is 273 g/mol. The number of nitrogens with zero attached hydrogens (tertiary/aromatic N) is 4. The summed E-state index contributed by atoms with van der Waals surface area (Å²) in [6, 6.07) is 2.10. The average molecular weight is 273 g/mol. The lowest BCUT2D eigenvalue weighted by molar-refractivity contribution is -0.384. The summed E-state index contributed by atoms with van der Waals surface area (Å²) >= 11 is 0. The summed E-state index contributed by atoms with van der Waals surface area (Å²) in [6.45, 7) is 0. The SMILES string of the molecule is Nc1cn(-c2ccc(C(F)(F)F)cc2[N+](=O)[O-])nn1. The van der Waals surface area contributed by atoms with Crippen LogP contribution in [-0.4, -0.2) is 19.9 Å². The van der Waals surface area contributed by atoms with E-state index in [0.29, 0.717) is 6.07 Å². The molecule has 0 saturated heterocycles.